The van der Waals surface area contributed by atoms with Crippen molar-refractivity contribution in [3.05, 3.63) is 72.5 Å². The van der Waals surface area contributed by atoms with Crippen LogP contribution in [0.25, 0.3) is 21.8 Å². The Morgan fingerprint density at radius 2 is 1.62 bits per heavy atom. The van der Waals surface area contributed by atoms with Gasteiger partial charge in [-0.05, 0) is 48.5 Å². The summed E-state index contributed by atoms with van der Waals surface area (Å²) in [6.45, 7) is 0. The summed E-state index contributed by atoms with van der Waals surface area (Å²) in [5.41, 5.74) is 3.52. The standard InChI is InChI=1S/C20H15FN2O/c1-24-15-10-11-19-17(12-15)20(16-4-2-3-5-18(16)23-19)22-14-8-6-13(21)7-9-14/h2-12H,1H3,(H,22,23). The second-order valence-corrected chi connectivity index (χ2v) is 5.52. The zero-order valence-electron chi connectivity index (χ0n) is 13.1. The van der Waals surface area contributed by atoms with Crippen molar-refractivity contribution in [3.8, 4) is 5.75 Å². The number of hydrogen-bond donors (Lipinski definition) is 1. The maximum atomic E-state index is 13.2. The van der Waals surface area contributed by atoms with Crippen molar-refractivity contribution in [3.63, 3.8) is 0 Å². The normalized spacial score (nSPS) is 10.9. The molecule has 4 aromatic rings. The van der Waals surface area contributed by atoms with Crippen LogP contribution in [0.15, 0.2) is 66.7 Å². The molecule has 118 valence electrons. The number of methoxy groups -OCH3 is 1. The predicted molar refractivity (Wildman–Crippen MR) is 95.5 cm³/mol. The molecule has 4 rings (SSSR count). The van der Waals surface area contributed by atoms with Gasteiger partial charge in [0, 0.05) is 16.5 Å². The van der Waals surface area contributed by atoms with E-state index in [2.05, 4.69) is 5.32 Å². The van der Waals surface area contributed by atoms with E-state index in [4.69, 9.17) is 9.72 Å². The van der Waals surface area contributed by atoms with Gasteiger partial charge in [0.05, 0.1) is 23.8 Å². The Morgan fingerprint density at radius 3 is 2.42 bits per heavy atom. The van der Waals surface area contributed by atoms with Crippen LogP contribution in [0.4, 0.5) is 15.8 Å². The molecule has 0 aliphatic carbocycles. The van der Waals surface area contributed by atoms with Gasteiger partial charge in [0.2, 0.25) is 0 Å². The van der Waals surface area contributed by atoms with Crippen molar-refractivity contribution in [2.24, 2.45) is 0 Å². The monoisotopic (exact) mass is 318 g/mol. The summed E-state index contributed by atoms with van der Waals surface area (Å²) in [5, 5.41) is 5.36. The van der Waals surface area contributed by atoms with Crippen LogP contribution in [-0.2, 0) is 0 Å². The highest BCUT2D eigenvalue weighted by Crippen LogP contribution is 2.34. The van der Waals surface area contributed by atoms with Gasteiger partial charge in [-0.2, -0.15) is 0 Å². The molecule has 0 unspecified atom stereocenters. The van der Waals surface area contributed by atoms with E-state index in [-0.39, 0.29) is 5.82 Å². The van der Waals surface area contributed by atoms with Gasteiger partial charge in [-0.15, -0.1) is 0 Å². The van der Waals surface area contributed by atoms with Crippen LogP contribution in [0.3, 0.4) is 0 Å². The Kier molecular flexibility index (Phi) is 3.50. The molecule has 3 nitrogen and oxygen atoms in total. The zero-order valence-corrected chi connectivity index (χ0v) is 13.1. The number of halogens is 1. The van der Waals surface area contributed by atoms with Gasteiger partial charge in [0.15, 0.2) is 0 Å². The molecule has 3 aromatic carbocycles. The lowest BCUT2D eigenvalue weighted by Crippen LogP contribution is -1.96. The summed E-state index contributed by atoms with van der Waals surface area (Å²) in [4.78, 5) is 4.71. The van der Waals surface area contributed by atoms with Crippen LogP contribution in [0.5, 0.6) is 5.75 Å². The molecule has 0 atom stereocenters. The van der Waals surface area contributed by atoms with Crippen LogP contribution >= 0.6 is 0 Å². The van der Waals surface area contributed by atoms with Crippen molar-refractivity contribution < 1.29 is 9.13 Å². The van der Waals surface area contributed by atoms with Gasteiger partial charge in [0.1, 0.15) is 11.6 Å². The van der Waals surface area contributed by atoms with Gasteiger partial charge in [0.25, 0.3) is 0 Å². The Morgan fingerprint density at radius 1 is 0.875 bits per heavy atom. The number of nitrogens with one attached hydrogen (secondary N) is 1. The van der Waals surface area contributed by atoms with E-state index in [9.17, 15) is 4.39 Å². The van der Waals surface area contributed by atoms with Crippen LogP contribution in [0.2, 0.25) is 0 Å². The highest BCUT2D eigenvalue weighted by molar-refractivity contribution is 6.09. The number of pyridine rings is 1. The molecular weight excluding hydrogens is 303 g/mol. The fourth-order valence-electron chi connectivity index (χ4n) is 2.81. The maximum Gasteiger partial charge on any atom is 0.123 e. The Hall–Kier alpha value is -3.14. The second-order valence-electron chi connectivity index (χ2n) is 5.52. The number of ether oxygens (including phenoxy) is 1. The Balaban J connectivity index is 1.98. The number of hydrogen-bond acceptors (Lipinski definition) is 3. The minimum absolute atomic E-state index is 0.258. The average molecular weight is 318 g/mol. The first kappa shape index (κ1) is 14.5. The maximum absolute atomic E-state index is 13.2. The molecule has 0 aliphatic heterocycles. The first-order chi connectivity index (χ1) is 11.7. The minimum Gasteiger partial charge on any atom is -0.497 e. The molecule has 0 fully saturated rings. The quantitative estimate of drug-likeness (QED) is 0.522. The molecule has 0 radical (unpaired) electrons. The van der Waals surface area contributed by atoms with Crippen molar-refractivity contribution in [2.45, 2.75) is 0 Å². The minimum atomic E-state index is -0.258. The van der Waals surface area contributed by atoms with Crippen molar-refractivity contribution in [1.82, 2.24) is 4.98 Å². The molecule has 1 aromatic heterocycles. The number of anilines is 2. The average Bonchev–Trinajstić information content (AvgIpc) is 2.63. The molecular formula is C20H15FN2O. The number of nitrogens with zero attached hydrogens (tertiary/aromatic N) is 1. The van der Waals surface area contributed by atoms with Gasteiger partial charge < -0.3 is 10.1 Å². The Labute approximate surface area is 138 Å². The fraction of sp³-hybridized carbons (Fsp3) is 0.0500. The smallest absolute Gasteiger partial charge is 0.123 e. The molecule has 4 heteroatoms. The van der Waals surface area contributed by atoms with E-state index in [1.54, 1.807) is 19.2 Å². The number of para-hydroxylation sites is 1. The number of rotatable bonds is 3. The topological polar surface area (TPSA) is 34.1 Å². The number of benzene rings is 3. The first-order valence-electron chi connectivity index (χ1n) is 7.64. The second kappa shape index (κ2) is 5.81. The third kappa shape index (κ3) is 2.52. The lowest BCUT2D eigenvalue weighted by Gasteiger charge is -2.14. The highest BCUT2D eigenvalue weighted by atomic mass is 19.1. The summed E-state index contributed by atoms with van der Waals surface area (Å²) >= 11 is 0. The summed E-state index contributed by atoms with van der Waals surface area (Å²) < 4.78 is 18.5. The third-order valence-electron chi connectivity index (χ3n) is 4.00. The van der Waals surface area contributed by atoms with E-state index in [1.807, 2.05) is 42.5 Å². The predicted octanol–water partition coefficient (Wildman–Crippen LogP) is 5.28. The molecule has 0 bridgehead atoms. The lowest BCUT2D eigenvalue weighted by molar-refractivity contribution is 0.415. The molecule has 1 heterocycles. The van der Waals surface area contributed by atoms with E-state index in [0.29, 0.717) is 0 Å². The lowest BCUT2D eigenvalue weighted by atomic mass is 10.1. The van der Waals surface area contributed by atoms with Crippen LogP contribution in [-0.4, -0.2) is 12.1 Å². The molecule has 0 aliphatic rings. The summed E-state index contributed by atoms with van der Waals surface area (Å²) in [6, 6.07) is 20.1. The summed E-state index contributed by atoms with van der Waals surface area (Å²) in [5.74, 6) is 0.508. The van der Waals surface area contributed by atoms with Gasteiger partial charge in [-0.3, -0.25) is 0 Å². The van der Waals surface area contributed by atoms with Crippen LogP contribution < -0.4 is 10.1 Å². The van der Waals surface area contributed by atoms with E-state index in [1.165, 1.54) is 12.1 Å². The molecule has 1 N–H and O–H groups in total. The SMILES string of the molecule is COc1ccc2nc3ccccc3c(Nc3ccc(F)cc3)c2c1. The zero-order chi connectivity index (χ0) is 16.5. The number of fused-ring (bicyclic) bond motifs is 2. The van der Waals surface area contributed by atoms with Crippen molar-refractivity contribution >= 4 is 33.2 Å². The van der Waals surface area contributed by atoms with Crippen molar-refractivity contribution in [2.75, 3.05) is 12.4 Å². The molecule has 0 saturated carbocycles. The fourth-order valence-corrected chi connectivity index (χ4v) is 2.81. The first-order valence-corrected chi connectivity index (χ1v) is 7.64. The van der Waals surface area contributed by atoms with Gasteiger partial charge in [-0.1, -0.05) is 18.2 Å². The summed E-state index contributed by atoms with van der Waals surface area (Å²) in [6.07, 6.45) is 0. The van der Waals surface area contributed by atoms with Crippen LogP contribution in [0, 0.1) is 5.82 Å². The number of aromatic nitrogens is 1. The van der Waals surface area contributed by atoms with E-state index in [0.717, 1.165) is 38.9 Å². The molecule has 24 heavy (non-hydrogen) atoms. The molecule has 0 saturated heterocycles. The Bertz CT molecular complexity index is 1030. The highest BCUT2D eigenvalue weighted by Gasteiger charge is 2.10. The molecule has 0 spiro atoms. The van der Waals surface area contributed by atoms with Crippen molar-refractivity contribution in [1.29, 1.82) is 0 Å². The van der Waals surface area contributed by atoms with Gasteiger partial charge in [-0.25, -0.2) is 9.37 Å². The largest absolute Gasteiger partial charge is 0.497 e. The van der Waals surface area contributed by atoms with Gasteiger partial charge >= 0.3 is 0 Å². The summed E-state index contributed by atoms with van der Waals surface area (Å²) in [7, 11) is 1.64. The third-order valence-corrected chi connectivity index (χ3v) is 4.00. The van der Waals surface area contributed by atoms with E-state index >= 15 is 0 Å². The van der Waals surface area contributed by atoms with Crippen LogP contribution in [0.1, 0.15) is 0 Å². The molecule has 0 amide bonds. The van der Waals surface area contributed by atoms with E-state index < -0.39 is 0 Å².